The minimum Gasteiger partial charge on any atom is -0.494 e. The van der Waals surface area contributed by atoms with Crippen LogP contribution < -0.4 is 9.64 Å². The molecule has 0 saturated carbocycles. The van der Waals surface area contributed by atoms with Gasteiger partial charge in [0.05, 0.1) is 31.5 Å². The van der Waals surface area contributed by atoms with Crippen LogP contribution in [-0.2, 0) is 11.3 Å². The van der Waals surface area contributed by atoms with Gasteiger partial charge >= 0.3 is 0 Å². The number of anilines is 1. The second kappa shape index (κ2) is 10.1. The summed E-state index contributed by atoms with van der Waals surface area (Å²) in [6, 6.07) is 14.7. The quantitative estimate of drug-likeness (QED) is 0.649. The molecule has 0 bridgehead atoms. The molecule has 5 nitrogen and oxygen atoms in total. The highest BCUT2D eigenvalue weighted by Crippen LogP contribution is 2.24. The van der Waals surface area contributed by atoms with Gasteiger partial charge in [-0.15, -0.1) is 0 Å². The Hall–Kier alpha value is -2.62. The zero-order chi connectivity index (χ0) is 22.4. The number of halogens is 1. The number of morpholine rings is 1. The fourth-order valence-electron chi connectivity index (χ4n) is 3.88. The van der Waals surface area contributed by atoms with E-state index in [1.807, 2.05) is 30.3 Å². The van der Waals surface area contributed by atoms with Crippen molar-refractivity contribution in [2.75, 3.05) is 38.3 Å². The summed E-state index contributed by atoms with van der Waals surface area (Å²) in [6.07, 6.45) is 1.02. The van der Waals surface area contributed by atoms with Crippen LogP contribution in [-0.4, -0.2) is 49.9 Å². The molecule has 0 N–H and O–H groups in total. The van der Waals surface area contributed by atoms with Crippen molar-refractivity contribution in [2.45, 2.75) is 45.4 Å². The summed E-state index contributed by atoms with van der Waals surface area (Å²) in [4.78, 5) is 4.67. The molecule has 1 saturated heterocycles. The van der Waals surface area contributed by atoms with Gasteiger partial charge in [-0.3, -0.25) is 4.90 Å². The van der Waals surface area contributed by atoms with Gasteiger partial charge in [0.1, 0.15) is 0 Å². The van der Waals surface area contributed by atoms with Gasteiger partial charge in [0.15, 0.2) is 11.6 Å². The lowest BCUT2D eigenvalue weighted by atomic mass is 10.0. The lowest BCUT2D eigenvalue weighted by molar-refractivity contribution is -0.0598. The molecular formula is C25H32FN3O2. The van der Waals surface area contributed by atoms with Gasteiger partial charge in [0.2, 0.25) is 0 Å². The highest BCUT2D eigenvalue weighted by molar-refractivity contribution is 5.50. The number of methoxy groups -OCH3 is 1. The van der Waals surface area contributed by atoms with Crippen LogP contribution in [0.25, 0.3) is 0 Å². The van der Waals surface area contributed by atoms with Crippen molar-refractivity contribution in [1.82, 2.24) is 4.90 Å². The molecule has 0 aliphatic carbocycles. The number of hydrogen-bond acceptors (Lipinski definition) is 5. The molecular weight excluding hydrogens is 393 g/mol. The Labute approximate surface area is 185 Å². The van der Waals surface area contributed by atoms with Crippen LogP contribution in [0, 0.1) is 17.1 Å². The average molecular weight is 426 g/mol. The van der Waals surface area contributed by atoms with Crippen molar-refractivity contribution in [2.24, 2.45) is 0 Å². The van der Waals surface area contributed by atoms with Crippen molar-refractivity contribution in [1.29, 1.82) is 5.26 Å². The Morgan fingerprint density at radius 1 is 1.23 bits per heavy atom. The van der Waals surface area contributed by atoms with Crippen LogP contribution in [0.1, 0.15) is 38.3 Å². The molecule has 6 heteroatoms. The van der Waals surface area contributed by atoms with E-state index < -0.39 is 0 Å². The normalized spacial score (nSPS) is 17.2. The molecule has 1 unspecified atom stereocenters. The molecule has 1 heterocycles. The molecule has 0 spiro atoms. The van der Waals surface area contributed by atoms with Gasteiger partial charge in [0, 0.05) is 37.4 Å². The molecule has 0 aromatic heterocycles. The zero-order valence-corrected chi connectivity index (χ0v) is 18.9. The number of benzene rings is 2. The fourth-order valence-corrected chi connectivity index (χ4v) is 3.88. The van der Waals surface area contributed by atoms with Crippen LogP contribution >= 0.6 is 0 Å². The van der Waals surface area contributed by atoms with E-state index in [1.54, 1.807) is 6.07 Å². The Kier molecular flexibility index (Phi) is 7.53. The van der Waals surface area contributed by atoms with Gasteiger partial charge in [0.25, 0.3) is 0 Å². The van der Waals surface area contributed by atoms with Crippen LogP contribution in [0.2, 0.25) is 0 Å². The summed E-state index contributed by atoms with van der Waals surface area (Å²) in [7, 11) is 1.46. The molecule has 31 heavy (non-hydrogen) atoms. The molecule has 0 amide bonds. The smallest absolute Gasteiger partial charge is 0.165 e. The van der Waals surface area contributed by atoms with Gasteiger partial charge in [-0.05, 0) is 69.2 Å². The largest absolute Gasteiger partial charge is 0.494 e. The summed E-state index contributed by atoms with van der Waals surface area (Å²) >= 11 is 0. The minimum atomic E-state index is -0.365. The highest BCUT2D eigenvalue weighted by Gasteiger charge is 2.28. The first-order valence-electron chi connectivity index (χ1n) is 10.7. The molecule has 2 aromatic rings. The minimum absolute atomic E-state index is 0.121. The molecule has 0 radical (unpaired) electrons. The maximum Gasteiger partial charge on any atom is 0.165 e. The third kappa shape index (κ3) is 6.19. The topological polar surface area (TPSA) is 48.7 Å². The third-order valence-electron chi connectivity index (χ3n) is 5.76. The fraction of sp³-hybridized carbons (Fsp3) is 0.480. The molecule has 1 aliphatic rings. The number of nitriles is 1. The summed E-state index contributed by atoms with van der Waals surface area (Å²) in [5.41, 5.74) is 2.60. The van der Waals surface area contributed by atoms with E-state index in [1.165, 1.54) is 13.2 Å². The monoisotopic (exact) mass is 425 g/mol. The van der Waals surface area contributed by atoms with Crippen molar-refractivity contribution in [3.05, 3.63) is 59.4 Å². The predicted molar refractivity (Wildman–Crippen MR) is 121 cm³/mol. The standard InChI is InChI=1S/C25H32FN3O2/c1-25(2,3)29-13-14-31-22(18-29)11-12-28(21-8-5-19(16-27)6-9-21)17-20-7-10-24(30-4)23(26)15-20/h5-10,15,22H,11-14,17-18H2,1-4H3. The predicted octanol–water partition coefficient (Wildman–Crippen LogP) is 4.60. The summed E-state index contributed by atoms with van der Waals surface area (Å²) in [5.74, 6) is -0.122. The molecule has 3 rings (SSSR count). The maximum atomic E-state index is 14.2. The Morgan fingerprint density at radius 3 is 2.58 bits per heavy atom. The summed E-state index contributed by atoms with van der Waals surface area (Å²) in [6.45, 7) is 10.6. The Bertz CT molecular complexity index is 902. The van der Waals surface area contributed by atoms with Crippen molar-refractivity contribution < 1.29 is 13.9 Å². The first-order chi connectivity index (χ1) is 14.8. The highest BCUT2D eigenvalue weighted by atomic mass is 19.1. The van der Waals surface area contributed by atoms with E-state index in [0.29, 0.717) is 12.1 Å². The van der Waals surface area contributed by atoms with Gasteiger partial charge < -0.3 is 14.4 Å². The third-order valence-corrected chi connectivity index (χ3v) is 5.76. The van der Waals surface area contributed by atoms with Crippen LogP contribution in [0.5, 0.6) is 5.75 Å². The molecule has 1 aliphatic heterocycles. The zero-order valence-electron chi connectivity index (χ0n) is 18.9. The van der Waals surface area contributed by atoms with Crippen molar-refractivity contribution in [3.63, 3.8) is 0 Å². The van der Waals surface area contributed by atoms with E-state index >= 15 is 0 Å². The summed E-state index contributed by atoms with van der Waals surface area (Å²) < 4.78 is 25.3. The lowest BCUT2D eigenvalue weighted by Crippen LogP contribution is -2.51. The van der Waals surface area contributed by atoms with Crippen LogP contribution in [0.15, 0.2) is 42.5 Å². The van der Waals surface area contributed by atoms with Crippen molar-refractivity contribution >= 4 is 5.69 Å². The second-order valence-corrected chi connectivity index (χ2v) is 8.95. The number of rotatable bonds is 7. The number of hydrogen-bond donors (Lipinski definition) is 0. The van der Waals surface area contributed by atoms with E-state index in [9.17, 15) is 4.39 Å². The first kappa shape index (κ1) is 23.1. The molecule has 1 fully saturated rings. The van der Waals surface area contributed by atoms with Crippen LogP contribution in [0.3, 0.4) is 0 Å². The van der Waals surface area contributed by atoms with E-state index in [4.69, 9.17) is 14.7 Å². The Morgan fingerprint density at radius 2 is 1.97 bits per heavy atom. The Balaban J connectivity index is 1.74. The second-order valence-electron chi connectivity index (χ2n) is 8.95. The van der Waals surface area contributed by atoms with E-state index in [2.05, 4.69) is 36.6 Å². The SMILES string of the molecule is COc1ccc(CN(CCC2CN(C(C)(C)C)CCO2)c2ccc(C#N)cc2)cc1F. The lowest BCUT2D eigenvalue weighted by Gasteiger charge is -2.42. The van der Waals surface area contributed by atoms with Crippen LogP contribution in [0.4, 0.5) is 10.1 Å². The average Bonchev–Trinajstić information content (AvgIpc) is 2.76. The van der Waals surface area contributed by atoms with E-state index in [0.717, 1.165) is 43.9 Å². The molecule has 1 atom stereocenters. The van der Waals surface area contributed by atoms with Crippen molar-refractivity contribution in [3.8, 4) is 11.8 Å². The van der Waals surface area contributed by atoms with Gasteiger partial charge in [-0.1, -0.05) is 6.07 Å². The molecule has 166 valence electrons. The molecule has 2 aromatic carbocycles. The van der Waals surface area contributed by atoms with Gasteiger partial charge in [-0.2, -0.15) is 5.26 Å². The number of nitrogens with zero attached hydrogens (tertiary/aromatic N) is 3. The number of ether oxygens (including phenoxy) is 2. The maximum absolute atomic E-state index is 14.2. The first-order valence-corrected chi connectivity index (χ1v) is 10.7. The van der Waals surface area contributed by atoms with Gasteiger partial charge in [-0.25, -0.2) is 4.39 Å². The van der Waals surface area contributed by atoms with E-state index in [-0.39, 0.29) is 23.2 Å². The summed E-state index contributed by atoms with van der Waals surface area (Å²) in [5, 5.41) is 9.11.